The van der Waals surface area contributed by atoms with Crippen LogP contribution in [0.25, 0.3) is 0 Å². The lowest BCUT2D eigenvalue weighted by atomic mass is 9.93. The highest BCUT2D eigenvalue weighted by atomic mass is 16.2. The minimum Gasteiger partial charge on any atom is -0.356 e. The van der Waals surface area contributed by atoms with E-state index in [4.69, 9.17) is 5.73 Å². The number of likely N-dealkylation sites (tertiary alicyclic amines) is 1. The van der Waals surface area contributed by atoms with Crippen LogP contribution < -0.4 is 11.1 Å². The number of carbonyl (C=O) groups excluding carboxylic acids is 1. The van der Waals surface area contributed by atoms with Crippen LogP contribution in [0, 0.1) is 5.41 Å². The molecule has 1 amide bonds. The van der Waals surface area contributed by atoms with Crippen LogP contribution >= 0.6 is 0 Å². The lowest BCUT2D eigenvalue weighted by Gasteiger charge is -2.33. The molecular formula is C14H29N3O. The third-order valence-electron chi connectivity index (χ3n) is 3.97. The van der Waals surface area contributed by atoms with Crippen molar-refractivity contribution in [1.82, 2.24) is 10.2 Å². The Hall–Kier alpha value is -0.610. The van der Waals surface area contributed by atoms with Gasteiger partial charge in [-0.1, -0.05) is 6.42 Å². The van der Waals surface area contributed by atoms with E-state index in [0.29, 0.717) is 12.6 Å². The summed E-state index contributed by atoms with van der Waals surface area (Å²) in [7, 11) is 0. The van der Waals surface area contributed by atoms with Crippen LogP contribution in [0.4, 0.5) is 0 Å². The highest BCUT2D eigenvalue weighted by molar-refractivity contribution is 5.81. The fourth-order valence-electron chi connectivity index (χ4n) is 2.31. The fraction of sp³-hybridized carbons (Fsp3) is 0.929. The monoisotopic (exact) mass is 255 g/mol. The third-order valence-corrected chi connectivity index (χ3v) is 3.97. The SMILES string of the molecule is CC1CCCCN1CCCNC(=O)C(C)(C)CN. The summed E-state index contributed by atoms with van der Waals surface area (Å²) >= 11 is 0. The van der Waals surface area contributed by atoms with Gasteiger partial charge in [0, 0.05) is 25.7 Å². The van der Waals surface area contributed by atoms with E-state index in [1.54, 1.807) is 0 Å². The molecule has 1 atom stereocenters. The largest absolute Gasteiger partial charge is 0.356 e. The topological polar surface area (TPSA) is 58.4 Å². The summed E-state index contributed by atoms with van der Waals surface area (Å²) in [6, 6.07) is 0.704. The van der Waals surface area contributed by atoms with E-state index in [0.717, 1.165) is 19.5 Å². The van der Waals surface area contributed by atoms with Crippen molar-refractivity contribution in [3.05, 3.63) is 0 Å². The number of carbonyl (C=O) groups is 1. The van der Waals surface area contributed by atoms with Crippen molar-refractivity contribution in [3.63, 3.8) is 0 Å². The van der Waals surface area contributed by atoms with Gasteiger partial charge in [-0.05, 0) is 46.6 Å². The standard InChI is InChI=1S/C14H29N3O/c1-12-7-4-5-9-17(12)10-6-8-16-13(18)14(2,3)11-15/h12H,4-11,15H2,1-3H3,(H,16,18). The Kier molecular flexibility index (Phi) is 6.09. The average Bonchev–Trinajstić information content (AvgIpc) is 2.36. The van der Waals surface area contributed by atoms with E-state index >= 15 is 0 Å². The molecule has 1 rings (SSSR count). The lowest BCUT2D eigenvalue weighted by molar-refractivity contribution is -0.128. The van der Waals surface area contributed by atoms with Crippen molar-refractivity contribution in [2.45, 2.75) is 52.5 Å². The molecule has 0 spiro atoms. The van der Waals surface area contributed by atoms with E-state index in [9.17, 15) is 4.79 Å². The second kappa shape index (κ2) is 7.10. The molecule has 1 aliphatic heterocycles. The molecule has 106 valence electrons. The van der Waals surface area contributed by atoms with Gasteiger partial charge >= 0.3 is 0 Å². The van der Waals surface area contributed by atoms with Crippen LogP contribution in [0.5, 0.6) is 0 Å². The number of amides is 1. The highest BCUT2D eigenvalue weighted by Gasteiger charge is 2.25. The van der Waals surface area contributed by atoms with Gasteiger partial charge in [-0.25, -0.2) is 0 Å². The van der Waals surface area contributed by atoms with Crippen LogP contribution in [0.3, 0.4) is 0 Å². The maximum Gasteiger partial charge on any atom is 0.226 e. The molecule has 1 fully saturated rings. The first-order chi connectivity index (χ1) is 8.47. The van der Waals surface area contributed by atoms with Gasteiger partial charge in [-0.15, -0.1) is 0 Å². The zero-order chi connectivity index (χ0) is 13.6. The Labute approximate surface area is 111 Å². The number of hydrogen-bond donors (Lipinski definition) is 2. The van der Waals surface area contributed by atoms with Gasteiger partial charge in [0.2, 0.25) is 5.91 Å². The van der Waals surface area contributed by atoms with Crippen molar-refractivity contribution in [3.8, 4) is 0 Å². The normalized spacial score (nSPS) is 21.9. The molecule has 0 bridgehead atoms. The lowest BCUT2D eigenvalue weighted by Crippen LogP contribution is -2.43. The first kappa shape index (κ1) is 15.4. The van der Waals surface area contributed by atoms with Gasteiger partial charge in [0.05, 0.1) is 5.41 Å². The van der Waals surface area contributed by atoms with E-state index < -0.39 is 5.41 Å². The molecule has 1 unspecified atom stereocenters. The molecule has 18 heavy (non-hydrogen) atoms. The second-order valence-corrected chi connectivity index (χ2v) is 6.08. The summed E-state index contributed by atoms with van der Waals surface area (Å²) in [5.41, 5.74) is 5.13. The molecule has 3 N–H and O–H groups in total. The van der Waals surface area contributed by atoms with Gasteiger partial charge in [-0.3, -0.25) is 4.79 Å². The molecule has 4 nitrogen and oxygen atoms in total. The number of rotatable bonds is 6. The predicted molar refractivity (Wildman–Crippen MR) is 75.3 cm³/mol. The molecule has 0 saturated carbocycles. The Morgan fingerprint density at radius 3 is 2.78 bits per heavy atom. The number of nitrogens with one attached hydrogen (secondary N) is 1. The van der Waals surface area contributed by atoms with Crippen molar-refractivity contribution in [2.24, 2.45) is 11.1 Å². The second-order valence-electron chi connectivity index (χ2n) is 6.08. The quantitative estimate of drug-likeness (QED) is 0.704. The van der Waals surface area contributed by atoms with Gasteiger partial charge in [0.1, 0.15) is 0 Å². The molecule has 0 aromatic heterocycles. The van der Waals surface area contributed by atoms with E-state index in [1.807, 2.05) is 13.8 Å². The molecule has 0 aliphatic carbocycles. The van der Waals surface area contributed by atoms with Gasteiger partial charge in [-0.2, -0.15) is 0 Å². The Morgan fingerprint density at radius 2 is 2.17 bits per heavy atom. The Bertz CT molecular complexity index is 266. The van der Waals surface area contributed by atoms with Crippen LogP contribution in [-0.4, -0.2) is 43.0 Å². The van der Waals surface area contributed by atoms with Crippen molar-refractivity contribution >= 4 is 5.91 Å². The van der Waals surface area contributed by atoms with Crippen molar-refractivity contribution < 1.29 is 4.79 Å². The maximum atomic E-state index is 11.8. The molecule has 0 aromatic carbocycles. The smallest absolute Gasteiger partial charge is 0.226 e. The fourth-order valence-corrected chi connectivity index (χ4v) is 2.31. The van der Waals surface area contributed by atoms with E-state index in [-0.39, 0.29) is 5.91 Å². The van der Waals surface area contributed by atoms with Crippen LogP contribution in [0.2, 0.25) is 0 Å². The first-order valence-electron chi connectivity index (χ1n) is 7.20. The van der Waals surface area contributed by atoms with Crippen LogP contribution in [0.1, 0.15) is 46.5 Å². The van der Waals surface area contributed by atoms with Gasteiger partial charge in [0.25, 0.3) is 0 Å². The molecule has 4 heteroatoms. The Balaban J connectivity index is 2.16. The molecule has 1 aliphatic rings. The minimum absolute atomic E-state index is 0.0664. The number of hydrogen-bond acceptors (Lipinski definition) is 3. The van der Waals surface area contributed by atoms with Crippen molar-refractivity contribution in [1.29, 1.82) is 0 Å². The predicted octanol–water partition coefficient (Wildman–Crippen LogP) is 1.35. The number of nitrogens with zero attached hydrogens (tertiary/aromatic N) is 1. The van der Waals surface area contributed by atoms with E-state index in [1.165, 1.54) is 25.8 Å². The Morgan fingerprint density at radius 1 is 1.44 bits per heavy atom. The van der Waals surface area contributed by atoms with Gasteiger partial charge in [0.15, 0.2) is 0 Å². The summed E-state index contributed by atoms with van der Waals surface area (Å²) in [5, 5.41) is 2.98. The first-order valence-corrected chi connectivity index (χ1v) is 7.20. The molecular weight excluding hydrogens is 226 g/mol. The van der Waals surface area contributed by atoms with Crippen LogP contribution in [0.15, 0.2) is 0 Å². The minimum atomic E-state index is -0.446. The molecule has 0 aromatic rings. The van der Waals surface area contributed by atoms with E-state index in [2.05, 4.69) is 17.1 Å². The van der Waals surface area contributed by atoms with Gasteiger partial charge < -0.3 is 16.0 Å². The average molecular weight is 255 g/mol. The summed E-state index contributed by atoms with van der Waals surface area (Å²) < 4.78 is 0. The zero-order valence-electron chi connectivity index (χ0n) is 12.2. The summed E-state index contributed by atoms with van der Waals surface area (Å²) in [6.07, 6.45) is 5.01. The number of nitrogens with two attached hydrogens (primary N) is 1. The highest BCUT2D eigenvalue weighted by Crippen LogP contribution is 2.16. The maximum absolute atomic E-state index is 11.8. The van der Waals surface area contributed by atoms with Crippen LogP contribution in [-0.2, 0) is 4.79 Å². The molecule has 0 radical (unpaired) electrons. The summed E-state index contributed by atoms with van der Waals surface area (Å²) in [6.45, 7) is 9.51. The number of piperidine rings is 1. The van der Waals surface area contributed by atoms with Crippen molar-refractivity contribution in [2.75, 3.05) is 26.2 Å². The zero-order valence-corrected chi connectivity index (χ0v) is 12.2. The molecule has 1 heterocycles. The molecule has 1 saturated heterocycles. The summed E-state index contributed by atoms with van der Waals surface area (Å²) in [4.78, 5) is 14.3. The summed E-state index contributed by atoms with van der Waals surface area (Å²) in [5.74, 6) is 0.0664. The third kappa shape index (κ3) is 4.58.